The van der Waals surface area contributed by atoms with E-state index in [0.717, 1.165) is 5.56 Å². The Morgan fingerprint density at radius 1 is 1.20 bits per heavy atom. The molecule has 0 saturated heterocycles. The predicted molar refractivity (Wildman–Crippen MR) is 78.7 cm³/mol. The Morgan fingerprint density at radius 2 is 1.85 bits per heavy atom. The van der Waals surface area contributed by atoms with E-state index < -0.39 is 21.3 Å². The number of hydrogen-bond donors (Lipinski definition) is 1. The SMILES string of the molecule is CC(C)S(=O)(=O)NC(c1ccccc1)c1nccn1C. The highest BCUT2D eigenvalue weighted by Crippen LogP contribution is 2.21. The first-order valence-electron chi connectivity index (χ1n) is 6.45. The van der Waals surface area contributed by atoms with Gasteiger partial charge in [-0.1, -0.05) is 30.3 Å². The van der Waals surface area contributed by atoms with Crippen molar-refractivity contribution in [1.82, 2.24) is 14.3 Å². The fraction of sp³-hybridized carbons (Fsp3) is 0.357. The summed E-state index contributed by atoms with van der Waals surface area (Å²) in [6.45, 7) is 3.31. The van der Waals surface area contributed by atoms with E-state index in [9.17, 15) is 8.42 Å². The first-order valence-corrected chi connectivity index (χ1v) is 8.00. The minimum Gasteiger partial charge on any atom is -0.336 e. The number of imidazole rings is 1. The Hall–Kier alpha value is -1.66. The largest absolute Gasteiger partial charge is 0.336 e. The van der Waals surface area contributed by atoms with Gasteiger partial charge in [0.25, 0.3) is 0 Å². The van der Waals surface area contributed by atoms with E-state index >= 15 is 0 Å². The summed E-state index contributed by atoms with van der Waals surface area (Å²) in [6.07, 6.45) is 3.46. The molecule has 20 heavy (non-hydrogen) atoms. The third kappa shape index (κ3) is 3.08. The molecular weight excluding hydrogens is 274 g/mol. The van der Waals surface area contributed by atoms with E-state index in [-0.39, 0.29) is 0 Å². The fourth-order valence-electron chi connectivity index (χ4n) is 1.87. The number of aryl methyl sites for hydroxylation is 1. The Labute approximate surface area is 119 Å². The average Bonchev–Trinajstić information content (AvgIpc) is 2.83. The highest BCUT2D eigenvalue weighted by molar-refractivity contribution is 7.90. The molecule has 0 spiro atoms. The van der Waals surface area contributed by atoms with Crippen LogP contribution < -0.4 is 4.72 Å². The molecule has 1 atom stereocenters. The molecule has 108 valence electrons. The second kappa shape index (κ2) is 5.76. The van der Waals surface area contributed by atoms with Crippen molar-refractivity contribution in [3.8, 4) is 0 Å². The van der Waals surface area contributed by atoms with Crippen LogP contribution in [0.1, 0.15) is 31.3 Å². The molecule has 1 N–H and O–H groups in total. The van der Waals surface area contributed by atoms with E-state index in [1.807, 2.05) is 41.9 Å². The summed E-state index contributed by atoms with van der Waals surface area (Å²) in [4.78, 5) is 4.27. The van der Waals surface area contributed by atoms with Crippen LogP contribution in [0, 0.1) is 0 Å². The lowest BCUT2D eigenvalue weighted by molar-refractivity contribution is 0.554. The Kier molecular flexibility index (Phi) is 4.25. The standard InChI is InChI=1S/C14H19N3O2S/c1-11(2)20(18,19)16-13(12-7-5-4-6-8-12)14-15-9-10-17(14)3/h4-11,13,16H,1-3H3. The summed E-state index contributed by atoms with van der Waals surface area (Å²) < 4.78 is 28.9. The monoisotopic (exact) mass is 293 g/mol. The maximum Gasteiger partial charge on any atom is 0.214 e. The Bertz CT molecular complexity index is 663. The lowest BCUT2D eigenvalue weighted by Gasteiger charge is -2.20. The molecule has 0 fully saturated rings. The molecule has 2 rings (SSSR count). The number of aromatic nitrogens is 2. The summed E-state index contributed by atoms with van der Waals surface area (Å²) in [5, 5.41) is -0.492. The third-order valence-corrected chi connectivity index (χ3v) is 4.96. The van der Waals surface area contributed by atoms with Gasteiger partial charge in [0.05, 0.1) is 5.25 Å². The predicted octanol–water partition coefficient (Wildman–Crippen LogP) is 1.84. The Morgan fingerprint density at radius 3 is 2.35 bits per heavy atom. The van der Waals surface area contributed by atoms with Crippen molar-refractivity contribution in [1.29, 1.82) is 0 Å². The molecule has 1 aromatic heterocycles. The van der Waals surface area contributed by atoms with Crippen molar-refractivity contribution in [2.75, 3.05) is 0 Å². The van der Waals surface area contributed by atoms with E-state index in [1.54, 1.807) is 26.2 Å². The van der Waals surface area contributed by atoms with E-state index in [2.05, 4.69) is 9.71 Å². The molecule has 1 aromatic carbocycles. The fourth-order valence-corrected chi connectivity index (χ4v) is 2.71. The second-order valence-corrected chi connectivity index (χ2v) is 7.22. The Balaban J connectivity index is 2.44. The zero-order valence-corrected chi connectivity index (χ0v) is 12.6. The topological polar surface area (TPSA) is 64.0 Å². The van der Waals surface area contributed by atoms with Gasteiger partial charge in [0, 0.05) is 19.4 Å². The van der Waals surface area contributed by atoms with E-state index in [1.165, 1.54) is 0 Å². The van der Waals surface area contributed by atoms with Gasteiger partial charge in [-0.2, -0.15) is 4.72 Å². The maximum atomic E-state index is 12.2. The van der Waals surface area contributed by atoms with Gasteiger partial charge < -0.3 is 4.57 Å². The van der Waals surface area contributed by atoms with Crippen LogP contribution in [0.5, 0.6) is 0 Å². The molecule has 1 unspecified atom stereocenters. The van der Waals surface area contributed by atoms with Crippen LogP contribution in [0.4, 0.5) is 0 Å². The number of nitrogens with zero attached hydrogens (tertiary/aromatic N) is 2. The summed E-state index contributed by atoms with van der Waals surface area (Å²) in [5.41, 5.74) is 0.867. The first-order chi connectivity index (χ1) is 9.42. The molecule has 5 nitrogen and oxygen atoms in total. The molecule has 2 aromatic rings. The summed E-state index contributed by atoms with van der Waals surface area (Å²) >= 11 is 0. The van der Waals surface area contributed by atoms with E-state index in [4.69, 9.17) is 0 Å². The van der Waals surface area contributed by atoms with Crippen molar-refractivity contribution in [2.24, 2.45) is 7.05 Å². The molecule has 0 saturated carbocycles. The molecular formula is C14H19N3O2S. The molecule has 6 heteroatoms. The average molecular weight is 293 g/mol. The first kappa shape index (κ1) is 14.7. The molecule has 0 aliphatic heterocycles. The van der Waals surface area contributed by atoms with Crippen LogP contribution >= 0.6 is 0 Å². The van der Waals surface area contributed by atoms with Crippen molar-refractivity contribution in [3.05, 3.63) is 54.1 Å². The van der Waals surface area contributed by atoms with Crippen LogP contribution in [-0.2, 0) is 17.1 Å². The van der Waals surface area contributed by atoms with Gasteiger partial charge in [-0.3, -0.25) is 0 Å². The zero-order chi connectivity index (χ0) is 14.8. The molecule has 0 aliphatic carbocycles. The third-order valence-electron chi connectivity index (χ3n) is 3.15. The van der Waals surface area contributed by atoms with Gasteiger partial charge >= 0.3 is 0 Å². The van der Waals surface area contributed by atoms with Crippen LogP contribution in [-0.4, -0.2) is 23.2 Å². The van der Waals surface area contributed by atoms with Crippen molar-refractivity contribution in [3.63, 3.8) is 0 Å². The van der Waals surface area contributed by atoms with Crippen LogP contribution in [0.25, 0.3) is 0 Å². The van der Waals surface area contributed by atoms with Gasteiger partial charge in [0.1, 0.15) is 11.9 Å². The minimum atomic E-state index is -3.39. The molecule has 0 bridgehead atoms. The second-order valence-electron chi connectivity index (χ2n) is 4.95. The van der Waals surface area contributed by atoms with Crippen molar-refractivity contribution < 1.29 is 8.42 Å². The number of sulfonamides is 1. The smallest absolute Gasteiger partial charge is 0.214 e. The number of rotatable bonds is 5. The molecule has 0 radical (unpaired) electrons. The van der Waals surface area contributed by atoms with Crippen molar-refractivity contribution >= 4 is 10.0 Å². The maximum absolute atomic E-state index is 12.2. The number of benzene rings is 1. The molecule has 1 heterocycles. The number of nitrogens with one attached hydrogen (secondary N) is 1. The summed E-state index contributed by atoms with van der Waals surface area (Å²) in [7, 11) is -1.54. The van der Waals surface area contributed by atoms with Gasteiger partial charge in [0.2, 0.25) is 10.0 Å². The van der Waals surface area contributed by atoms with Crippen LogP contribution in [0.3, 0.4) is 0 Å². The van der Waals surface area contributed by atoms with Gasteiger partial charge in [-0.25, -0.2) is 13.4 Å². The van der Waals surface area contributed by atoms with Crippen LogP contribution in [0.15, 0.2) is 42.7 Å². The summed E-state index contributed by atoms with van der Waals surface area (Å²) in [6, 6.07) is 8.97. The molecule has 0 aliphatic rings. The lowest BCUT2D eigenvalue weighted by atomic mass is 10.1. The van der Waals surface area contributed by atoms with Crippen LogP contribution in [0.2, 0.25) is 0 Å². The number of hydrogen-bond acceptors (Lipinski definition) is 3. The van der Waals surface area contributed by atoms with Gasteiger partial charge in [0.15, 0.2) is 0 Å². The quantitative estimate of drug-likeness (QED) is 0.915. The lowest BCUT2D eigenvalue weighted by Crippen LogP contribution is -2.35. The molecule has 0 amide bonds. The summed E-state index contributed by atoms with van der Waals surface area (Å²) in [5.74, 6) is 0.667. The van der Waals surface area contributed by atoms with Crippen molar-refractivity contribution in [2.45, 2.75) is 25.1 Å². The normalized spacial score (nSPS) is 13.6. The van der Waals surface area contributed by atoms with Gasteiger partial charge in [-0.05, 0) is 19.4 Å². The zero-order valence-electron chi connectivity index (χ0n) is 11.8. The highest BCUT2D eigenvalue weighted by Gasteiger charge is 2.26. The van der Waals surface area contributed by atoms with Gasteiger partial charge in [-0.15, -0.1) is 0 Å². The van der Waals surface area contributed by atoms with E-state index in [0.29, 0.717) is 5.82 Å². The minimum absolute atomic E-state index is 0.483. The highest BCUT2D eigenvalue weighted by atomic mass is 32.2.